The number of nitroso groups, excluding NO2 is 1. The van der Waals surface area contributed by atoms with Crippen LogP contribution in [0.5, 0.6) is 0 Å². The molecule has 0 N–H and O–H groups in total. The molecule has 3 aromatic rings. The van der Waals surface area contributed by atoms with Gasteiger partial charge in [-0.15, -0.1) is 0 Å². The zero-order valence-electron chi connectivity index (χ0n) is 18.1. The van der Waals surface area contributed by atoms with Crippen molar-refractivity contribution in [2.75, 3.05) is 0 Å². The fraction of sp³-hybridized carbons (Fsp3) is 0.357. The van der Waals surface area contributed by atoms with E-state index in [4.69, 9.17) is 0 Å². The third kappa shape index (κ3) is 2.85. The molecule has 2 aliphatic rings. The first-order valence-electron chi connectivity index (χ1n) is 11.3. The molecule has 30 heavy (non-hydrogen) atoms. The predicted molar refractivity (Wildman–Crippen MR) is 129 cm³/mol. The molecule has 0 amide bonds. The summed E-state index contributed by atoms with van der Waals surface area (Å²) in [6.07, 6.45) is 14.4. The van der Waals surface area contributed by atoms with Crippen LogP contribution in [0.3, 0.4) is 0 Å². The summed E-state index contributed by atoms with van der Waals surface area (Å²) < 4.78 is 0. The quantitative estimate of drug-likeness (QED) is 0.405. The van der Waals surface area contributed by atoms with E-state index in [2.05, 4.69) is 86.7 Å². The monoisotopic (exact) mass is 395 g/mol. The molecule has 3 aromatic carbocycles. The third-order valence-electron chi connectivity index (χ3n) is 7.45. The Morgan fingerprint density at radius 3 is 2.73 bits per heavy atom. The smallest absolute Gasteiger partial charge is 0.0950 e. The number of benzene rings is 3. The lowest BCUT2D eigenvalue weighted by atomic mass is 9.77. The molecular formula is C28H29NO. The molecule has 0 saturated carbocycles. The number of hydrogen-bond acceptors (Lipinski definition) is 2. The van der Waals surface area contributed by atoms with Crippen LogP contribution in [0.4, 0.5) is 0 Å². The molecule has 0 radical (unpaired) electrons. The highest BCUT2D eigenvalue weighted by Gasteiger charge is 2.25. The highest BCUT2D eigenvalue weighted by atomic mass is 16.3. The normalized spacial score (nSPS) is 20.0. The maximum Gasteiger partial charge on any atom is 0.0950 e. The van der Waals surface area contributed by atoms with Crippen LogP contribution in [0, 0.1) is 10.8 Å². The first-order chi connectivity index (χ1) is 14.6. The SMILES string of the molecule is CC[C@@H](C)C(C[C@H](C)c1ccc2c3c4c(c5cccc1c25)=CC=CC4CC=C3)N=O. The van der Waals surface area contributed by atoms with Gasteiger partial charge in [-0.05, 0) is 68.1 Å². The van der Waals surface area contributed by atoms with Gasteiger partial charge in [-0.3, -0.25) is 0 Å². The van der Waals surface area contributed by atoms with E-state index in [0.717, 1.165) is 19.3 Å². The number of nitrogens with zero attached hydrogens (tertiary/aromatic N) is 1. The van der Waals surface area contributed by atoms with Crippen LogP contribution >= 0.6 is 0 Å². The lowest BCUT2D eigenvalue weighted by Gasteiger charge is -2.27. The van der Waals surface area contributed by atoms with Crippen LogP contribution in [0.1, 0.15) is 68.6 Å². The second kappa shape index (κ2) is 7.50. The maximum atomic E-state index is 11.5. The highest BCUT2D eigenvalue weighted by Crippen LogP contribution is 2.41. The Morgan fingerprint density at radius 2 is 1.93 bits per heavy atom. The summed E-state index contributed by atoms with van der Waals surface area (Å²) in [6.45, 7) is 6.52. The molecule has 5 rings (SSSR count). The van der Waals surface area contributed by atoms with Gasteiger partial charge < -0.3 is 0 Å². The Hall–Kier alpha value is -2.74. The van der Waals surface area contributed by atoms with Crippen molar-refractivity contribution in [3.8, 4) is 0 Å². The van der Waals surface area contributed by atoms with Gasteiger partial charge in [0.25, 0.3) is 0 Å². The molecule has 2 nitrogen and oxygen atoms in total. The van der Waals surface area contributed by atoms with E-state index in [0.29, 0.717) is 11.8 Å². The van der Waals surface area contributed by atoms with Crippen molar-refractivity contribution in [2.45, 2.75) is 57.9 Å². The first kappa shape index (κ1) is 19.2. The van der Waals surface area contributed by atoms with Crippen molar-refractivity contribution < 1.29 is 0 Å². The summed E-state index contributed by atoms with van der Waals surface area (Å²) >= 11 is 0. The van der Waals surface area contributed by atoms with Crippen molar-refractivity contribution in [2.24, 2.45) is 11.1 Å². The van der Waals surface area contributed by atoms with Crippen LogP contribution in [-0.2, 0) is 0 Å². The van der Waals surface area contributed by atoms with E-state index in [1.165, 1.54) is 43.5 Å². The summed E-state index contributed by atoms with van der Waals surface area (Å²) in [5, 5.41) is 10.3. The number of allylic oxidation sites excluding steroid dienone is 3. The van der Waals surface area contributed by atoms with Crippen LogP contribution in [-0.4, -0.2) is 6.04 Å². The standard InChI is InChI=1S/C28H29NO/c1-4-17(2)26(29-30)16-18(3)20-14-15-25-23-11-6-9-19-8-5-10-22(27(19)23)24-13-7-12-21(20)28(24)25/h5-8,10-15,17-19,26H,4,9,16H2,1-3H3/t17-,18+,19?,26?/m1/s1. The maximum absolute atomic E-state index is 11.5. The largest absolute Gasteiger partial charge is 0.151 e. The molecule has 0 bridgehead atoms. The molecule has 2 aliphatic carbocycles. The second-order valence-corrected chi connectivity index (χ2v) is 9.16. The van der Waals surface area contributed by atoms with Gasteiger partial charge in [0.1, 0.15) is 0 Å². The fourth-order valence-corrected chi connectivity index (χ4v) is 5.55. The van der Waals surface area contributed by atoms with Crippen molar-refractivity contribution in [3.05, 3.63) is 75.4 Å². The lowest BCUT2D eigenvalue weighted by Crippen LogP contribution is -2.20. The average Bonchev–Trinajstić information content (AvgIpc) is 2.79. The summed E-state index contributed by atoms with van der Waals surface area (Å²) in [5.74, 6) is 1.10. The van der Waals surface area contributed by atoms with Crippen LogP contribution in [0.25, 0.3) is 33.7 Å². The Kier molecular flexibility index (Phi) is 4.81. The number of rotatable bonds is 6. The number of hydrogen-bond donors (Lipinski definition) is 0. The Bertz CT molecular complexity index is 1250. The summed E-state index contributed by atoms with van der Waals surface area (Å²) in [7, 11) is 0. The molecule has 4 atom stereocenters. The molecule has 2 unspecified atom stereocenters. The van der Waals surface area contributed by atoms with Gasteiger partial charge in [-0.2, -0.15) is 4.91 Å². The second-order valence-electron chi connectivity index (χ2n) is 9.16. The van der Waals surface area contributed by atoms with Gasteiger partial charge in [0.2, 0.25) is 0 Å². The summed E-state index contributed by atoms with van der Waals surface area (Å²) in [4.78, 5) is 11.5. The van der Waals surface area contributed by atoms with E-state index < -0.39 is 0 Å². The van der Waals surface area contributed by atoms with E-state index >= 15 is 0 Å². The third-order valence-corrected chi connectivity index (χ3v) is 7.45. The molecule has 0 fully saturated rings. The van der Waals surface area contributed by atoms with Gasteiger partial charge in [0, 0.05) is 5.92 Å². The predicted octanol–water partition coefficient (Wildman–Crippen LogP) is 7.24. The summed E-state index contributed by atoms with van der Waals surface area (Å²) in [6, 6.07) is 11.2. The zero-order valence-corrected chi connectivity index (χ0v) is 18.1. The van der Waals surface area contributed by atoms with E-state index in [9.17, 15) is 4.91 Å². The minimum absolute atomic E-state index is 0.127. The Morgan fingerprint density at radius 1 is 1.10 bits per heavy atom. The topological polar surface area (TPSA) is 29.4 Å². The summed E-state index contributed by atoms with van der Waals surface area (Å²) in [5.41, 5.74) is 4.21. The molecule has 0 aliphatic heterocycles. The average molecular weight is 396 g/mol. The minimum atomic E-state index is -0.127. The molecule has 0 aromatic heterocycles. The van der Waals surface area contributed by atoms with Gasteiger partial charge in [-0.25, -0.2) is 0 Å². The Balaban J connectivity index is 1.73. The van der Waals surface area contributed by atoms with Crippen LogP contribution < -0.4 is 5.22 Å². The zero-order chi connectivity index (χ0) is 20.8. The molecule has 0 heterocycles. The molecule has 152 valence electrons. The Labute approximate surface area is 178 Å². The van der Waals surface area contributed by atoms with Gasteiger partial charge in [-0.1, -0.05) is 93.1 Å². The fourth-order valence-electron chi connectivity index (χ4n) is 5.55. The van der Waals surface area contributed by atoms with Gasteiger partial charge in [0.05, 0.1) is 6.04 Å². The van der Waals surface area contributed by atoms with Crippen molar-refractivity contribution in [1.82, 2.24) is 0 Å². The van der Waals surface area contributed by atoms with E-state index in [-0.39, 0.29) is 12.0 Å². The van der Waals surface area contributed by atoms with Crippen LogP contribution in [0.2, 0.25) is 0 Å². The first-order valence-corrected chi connectivity index (χ1v) is 11.3. The minimum Gasteiger partial charge on any atom is -0.151 e. The van der Waals surface area contributed by atoms with Crippen molar-refractivity contribution in [1.29, 1.82) is 0 Å². The molecule has 2 heteroatoms. The van der Waals surface area contributed by atoms with E-state index in [1.807, 2.05) is 0 Å². The van der Waals surface area contributed by atoms with Crippen LogP contribution in [0.15, 0.2) is 53.7 Å². The molecular weight excluding hydrogens is 366 g/mol. The number of fused-ring (bicyclic) bond motifs is 2. The molecule has 0 spiro atoms. The van der Waals surface area contributed by atoms with Crippen molar-refractivity contribution >= 4 is 33.7 Å². The highest BCUT2D eigenvalue weighted by molar-refractivity contribution is 6.15. The molecule has 0 saturated heterocycles. The van der Waals surface area contributed by atoms with Crippen molar-refractivity contribution in [3.63, 3.8) is 0 Å². The van der Waals surface area contributed by atoms with E-state index in [1.54, 1.807) is 0 Å². The van der Waals surface area contributed by atoms with Gasteiger partial charge in [0.15, 0.2) is 0 Å². The van der Waals surface area contributed by atoms with Gasteiger partial charge >= 0.3 is 0 Å². The lowest BCUT2D eigenvalue weighted by molar-refractivity contribution is 0.400.